The van der Waals surface area contributed by atoms with Crippen LogP contribution in [0.4, 0.5) is 9.59 Å². The predicted molar refractivity (Wildman–Crippen MR) is 104 cm³/mol. The Hall–Kier alpha value is -2.03. The lowest BCUT2D eigenvalue weighted by Crippen LogP contribution is -2.59. The van der Waals surface area contributed by atoms with Crippen molar-refractivity contribution in [2.45, 2.75) is 65.7 Å². The molecule has 28 heavy (non-hydrogen) atoms. The molecule has 162 valence electrons. The highest BCUT2D eigenvalue weighted by molar-refractivity contribution is 5.72. The van der Waals surface area contributed by atoms with Gasteiger partial charge in [-0.05, 0) is 41.5 Å². The highest BCUT2D eigenvalue weighted by Gasteiger charge is 2.34. The SMILES string of the molecule is CC(CNCC1CN(C(=O)OC(C)(C)C)CCN1C(=O)O)C(=O)OC(C)(C)C. The molecule has 9 heteroatoms. The smallest absolute Gasteiger partial charge is 0.410 e. The average molecular weight is 402 g/mol. The van der Waals surface area contributed by atoms with Gasteiger partial charge in [-0.2, -0.15) is 0 Å². The molecule has 9 nitrogen and oxygen atoms in total. The molecule has 2 N–H and O–H groups in total. The molecule has 0 aromatic carbocycles. The molecule has 0 spiro atoms. The number of rotatable bonds is 5. The summed E-state index contributed by atoms with van der Waals surface area (Å²) in [7, 11) is 0. The number of carbonyl (C=O) groups excluding carboxylic acids is 2. The lowest BCUT2D eigenvalue weighted by Gasteiger charge is -2.40. The summed E-state index contributed by atoms with van der Waals surface area (Å²) >= 11 is 0. The van der Waals surface area contributed by atoms with Gasteiger partial charge in [-0.15, -0.1) is 0 Å². The number of carboxylic acid groups (broad SMARTS) is 1. The van der Waals surface area contributed by atoms with Crippen molar-refractivity contribution < 1.29 is 29.0 Å². The first kappa shape index (κ1) is 24.0. The minimum Gasteiger partial charge on any atom is -0.465 e. The Balaban J connectivity index is 2.62. The van der Waals surface area contributed by atoms with Crippen LogP contribution in [-0.2, 0) is 14.3 Å². The molecule has 0 saturated carbocycles. The molecule has 1 saturated heterocycles. The summed E-state index contributed by atoms with van der Waals surface area (Å²) in [6, 6.07) is -0.426. The van der Waals surface area contributed by atoms with E-state index in [1.165, 1.54) is 9.80 Å². The molecular weight excluding hydrogens is 366 g/mol. The molecule has 2 unspecified atom stereocenters. The van der Waals surface area contributed by atoms with Crippen molar-refractivity contribution in [2.75, 3.05) is 32.7 Å². The van der Waals surface area contributed by atoms with Crippen LogP contribution in [0, 0.1) is 5.92 Å². The molecule has 1 fully saturated rings. The second-order valence-electron chi connectivity index (χ2n) is 9.15. The summed E-state index contributed by atoms with van der Waals surface area (Å²) in [4.78, 5) is 38.7. The molecule has 0 bridgehead atoms. The molecule has 0 aromatic heterocycles. The van der Waals surface area contributed by atoms with Crippen molar-refractivity contribution in [3.8, 4) is 0 Å². The van der Waals surface area contributed by atoms with Crippen LogP contribution < -0.4 is 5.32 Å². The van der Waals surface area contributed by atoms with Gasteiger partial charge >= 0.3 is 18.2 Å². The fraction of sp³-hybridized carbons (Fsp3) is 0.842. The molecule has 2 atom stereocenters. The summed E-state index contributed by atoms with van der Waals surface area (Å²) in [5, 5.41) is 12.6. The Bertz CT molecular complexity index is 567. The van der Waals surface area contributed by atoms with Gasteiger partial charge in [-0.3, -0.25) is 4.79 Å². The number of nitrogens with zero attached hydrogens (tertiary/aromatic N) is 2. The quantitative estimate of drug-likeness (QED) is 0.680. The molecule has 1 aliphatic rings. The molecular formula is C19H35N3O6. The van der Waals surface area contributed by atoms with Gasteiger partial charge in [0, 0.05) is 32.7 Å². The normalized spacial score (nSPS) is 19.2. The van der Waals surface area contributed by atoms with Crippen LogP contribution in [0.3, 0.4) is 0 Å². The zero-order valence-electron chi connectivity index (χ0n) is 18.1. The Morgan fingerprint density at radius 1 is 1.07 bits per heavy atom. The summed E-state index contributed by atoms with van der Waals surface area (Å²) in [6.45, 7) is 13.9. The number of hydrogen-bond donors (Lipinski definition) is 2. The van der Waals surface area contributed by atoms with Crippen molar-refractivity contribution in [2.24, 2.45) is 5.92 Å². The van der Waals surface area contributed by atoms with E-state index < -0.39 is 29.4 Å². The lowest BCUT2D eigenvalue weighted by molar-refractivity contribution is -0.159. The van der Waals surface area contributed by atoms with Crippen molar-refractivity contribution in [1.82, 2.24) is 15.1 Å². The monoisotopic (exact) mass is 401 g/mol. The van der Waals surface area contributed by atoms with E-state index >= 15 is 0 Å². The third-order valence-corrected chi connectivity index (χ3v) is 4.02. The number of piperazine rings is 1. The first-order valence-corrected chi connectivity index (χ1v) is 9.60. The largest absolute Gasteiger partial charge is 0.465 e. The first-order chi connectivity index (χ1) is 12.7. The van der Waals surface area contributed by atoms with Gasteiger partial charge in [0.1, 0.15) is 11.2 Å². The number of ether oxygens (including phenoxy) is 2. The zero-order valence-corrected chi connectivity index (χ0v) is 18.1. The van der Waals surface area contributed by atoms with E-state index in [1.54, 1.807) is 27.7 Å². The lowest BCUT2D eigenvalue weighted by atomic mass is 10.1. The average Bonchev–Trinajstić information content (AvgIpc) is 2.51. The molecule has 1 aliphatic heterocycles. The number of esters is 1. The van der Waals surface area contributed by atoms with Crippen LogP contribution in [0.15, 0.2) is 0 Å². The highest BCUT2D eigenvalue weighted by atomic mass is 16.6. The maximum atomic E-state index is 12.3. The van der Waals surface area contributed by atoms with Gasteiger partial charge < -0.3 is 29.7 Å². The molecule has 0 aromatic rings. The first-order valence-electron chi connectivity index (χ1n) is 9.60. The molecule has 0 aliphatic carbocycles. The van der Waals surface area contributed by atoms with E-state index in [0.717, 1.165) is 0 Å². The highest BCUT2D eigenvalue weighted by Crippen LogP contribution is 2.15. The number of hydrogen-bond acceptors (Lipinski definition) is 6. The Labute approximate surface area is 167 Å². The maximum Gasteiger partial charge on any atom is 0.410 e. The maximum absolute atomic E-state index is 12.3. The predicted octanol–water partition coefficient (Wildman–Crippen LogP) is 2.15. The zero-order chi connectivity index (χ0) is 21.7. The summed E-state index contributed by atoms with van der Waals surface area (Å²) in [5.74, 6) is -0.683. The Kier molecular flexibility index (Phi) is 8.10. The van der Waals surface area contributed by atoms with Crippen molar-refractivity contribution in [3.63, 3.8) is 0 Å². The van der Waals surface area contributed by atoms with Crippen LogP contribution in [-0.4, -0.2) is 83.0 Å². The fourth-order valence-electron chi connectivity index (χ4n) is 2.73. The van der Waals surface area contributed by atoms with E-state index in [1.807, 2.05) is 20.8 Å². The third-order valence-electron chi connectivity index (χ3n) is 4.02. The van der Waals surface area contributed by atoms with E-state index in [-0.39, 0.29) is 31.5 Å². The minimum atomic E-state index is -1.03. The molecule has 2 amide bonds. The van der Waals surface area contributed by atoms with E-state index in [9.17, 15) is 19.5 Å². The van der Waals surface area contributed by atoms with E-state index in [0.29, 0.717) is 13.1 Å². The van der Waals surface area contributed by atoms with Crippen LogP contribution in [0.5, 0.6) is 0 Å². The molecule has 1 heterocycles. The van der Waals surface area contributed by atoms with E-state index in [4.69, 9.17) is 9.47 Å². The Morgan fingerprint density at radius 2 is 1.64 bits per heavy atom. The van der Waals surface area contributed by atoms with Crippen molar-refractivity contribution in [3.05, 3.63) is 0 Å². The minimum absolute atomic E-state index is 0.211. The van der Waals surface area contributed by atoms with Crippen molar-refractivity contribution in [1.29, 1.82) is 0 Å². The second kappa shape index (κ2) is 9.45. The summed E-state index contributed by atoms with van der Waals surface area (Å²) in [6.07, 6.45) is -1.49. The van der Waals surface area contributed by atoms with Gasteiger partial charge in [0.25, 0.3) is 0 Å². The van der Waals surface area contributed by atoms with Crippen LogP contribution >= 0.6 is 0 Å². The molecule has 1 rings (SSSR count). The van der Waals surface area contributed by atoms with E-state index in [2.05, 4.69) is 5.32 Å². The topological polar surface area (TPSA) is 108 Å². The second-order valence-corrected chi connectivity index (χ2v) is 9.15. The molecule has 0 radical (unpaired) electrons. The third kappa shape index (κ3) is 8.33. The van der Waals surface area contributed by atoms with Crippen molar-refractivity contribution >= 4 is 18.2 Å². The summed E-state index contributed by atoms with van der Waals surface area (Å²) < 4.78 is 10.7. The standard InChI is InChI=1S/C19H35N3O6/c1-13(15(23)27-18(2,3)4)10-20-11-14-12-21(8-9-22(14)16(24)25)17(26)28-19(5,6)7/h13-14,20H,8-12H2,1-7H3,(H,24,25). The number of amides is 2. The van der Waals surface area contributed by atoms with Crippen LogP contribution in [0.1, 0.15) is 48.5 Å². The van der Waals surface area contributed by atoms with Crippen LogP contribution in [0.2, 0.25) is 0 Å². The summed E-state index contributed by atoms with van der Waals surface area (Å²) in [5.41, 5.74) is -1.17. The Morgan fingerprint density at radius 3 is 2.14 bits per heavy atom. The van der Waals surface area contributed by atoms with Gasteiger partial charge in [0.2, 0.25) is 0 Å². The van der Waals surface area contributed by atoms with Gasteiger partial charge in [-0.25, -0.2) is 9.59 Å². The van der Waals surface area contributed by atoms with Gasteiger partial charge in [0.15, 0.2) is 0 Å². The van der Waals surface area contributed by atoms with Gasteiger partial charge in [0.05, 0.1) is 12.0 Å². The fourth-order valence-corrected chi connectivity index (χ4v) is 2.73. The number of nitrogens with one attached hydrogen (secondary N) is 1. The van der Waals surface area contributed by atoms with Gasteiger partial charge in [-0.1, -0.05) is 6.92 Å². The van der Waals surface area contributed by atoms with Crippen LogP contribution in [0.25, 0.3) is 0 Å². The number of carbonyl (C=O) groups is 3.